The van der Waals surface area contributed by atoms with Crippen molar-refractivity contribution in [2.75, 3.05) is 14.2 Å². The van der Waals surface area contributed by atoms with Gasteiger partial charge in [-0.15, -0.1) is 0 Å². The third-order valence-electron chi connectivity index (χ3n) is 6.50. The number of ether oxygens (including phenoxy) is 2. The highest BCUT2D eigenvalue weighted by atomic mass is 16.5. The monoisotopic (exact) mass is 498 g/mol. The van der Waals surface area contributed by atoms with Crippen LogP contribution in [-0.4, -0.2) is 42.0 Å². The first-order valence-corrected chi connectivity index (χ1v) is 11.9. The van der Waals surface area contributed by atoms with Crippen molar-refractivity contribution in [3.63, 3.8) is 0 Å². The van der Waals surface area contributed by atoms with Crippen molar-refractivity contribution in [3.8, 4) is 17.2 Å². The Balaban J connectivity index is 1.31. The summed E-state index contributed by atoms with van der Waals surface area (Å²) in [6.07, 6.45) is 5.14. The predicted octanol–water partition coefficient (Wildman–Crippen LogP) is 3.37. The third-order valence-corrected chi connectivity index (χ3v) is 6.50. The Morgan fingerprint density at radius 2 is 1.81 bits per heavy atom. The number of hydrogen-bond donors (Lipinski definition) is 3. The van der Waals surface area contributed by atoms with Gasteiger partial charge in [0.15, 0.2) is 0 Å². The first kappa shape index (κ1) is 24.1. The molecule has 2 aromatic carbocycles. The van der Waals surface area contributed by atoms with Crippen LogP contribution in [0.2, 0.25) is 0 Å². The van der Waals surface area contributed by atoms with Crippen molar-refractivity contribution in [1.82, 2.24) is 20.6 Å². The highest BCUT2D eigenvalue weighted by Crippen LogP contribution is 2.29. The predicted molar refractivity (Wildman–Crippen MR) is 139 cm³/mol. The van der Waals surface area contributed by atoms with E-state index >= 15 is 0 Å². The second-order valence-electron chi connectivity index (χ2n) is 8.84. The number of methoxy groups -OCH3 is 1. The molecule has 1 unspecified atom stereocenters. The Labute approximate surface area is 212 Å². The molecule has 37 heavy (non-hydrogen) atoms. The van der Waals surface area contributed by atoms with Crippen LogP contribution in [-0.2, 0) is 12.8 Å². The largest absolute Gasteiger partial charge is 0.497 e. The number of aromatic nitrogens is 2. The van der Waals surface area contributed by atoms with Crippen LogP contribution in [0.1, 0.15) is 38.4 Å². The molecule has 0 saturated carbocycles. The average molecular weight is 499 g/mol. The van der Waals surface area contributed by atoms with E-state index < -0.39 is 5.91 Å². The molecule has 4 aromatic rings. The van der Waals surface area contributed by atoms with Crippen LogP contribution in [0.3, 0.4) is 0 Å². The van der Waals surface area contributed by atoms with Gasteiger partial charge >= 0.3 is 0 Å². The number of fused-ring (bicyclic) bond motifs is 2. The van der Waals surface area contributed by atoms with Gasteiger partial charge in [0.2, 0.25) is 5.43 Å². The van der Waals surface area contributed by atoms with Gasteiger partial charge in [-0.1, -0.05) is 6.07 Å². The minimum Gasteiger partial charge on any atom is -0.497 e. The number of nitrogens with one attached hydrogen (secondary N) is 3. The number of benzene rings is 2. The van der Waals surface area contributed by atoms with Gasteiger partial charge in [0.25, 0.3) is 11.8 Å². The molecule has 2 aromatic heterocycles. The second kappa shape index (κ2) is 10.1. The lowest BCUT2D eigenvalue weighted by Crippen LogP contribution is -2.40. The first-order chi connectivity index (χ1) is 17.9. The highest BCUT2D eigenvalue weighted by Gasteiger charge is 2.23. The number of hydrogen-bond acceptors (Lipinski definition) is 6. The van der Waals surface area contributed by atoms with Crippen LogP contribution in [0.15, 0.2) is 65.7 Å². The van der Waals surface area contributed by atoms with E-state index in [0.717, 1.165) is 18.4 Å². The Morgan fingerprint density at radius 3 is 2.62 bits per heavy atom. The van der Waals surface area contributed by atoms with Crippen molar-refractivity contribution < 1.29 is 19.1 Å². The molecule has 1 atom stereocenters. The molecule has 9 nitrogen and oxygen atoms in total. The van der Waals surface area contributed by atoms with E-state index in [9.17, 15) is 14.4 Å². The van der Waals surface area contributed by atoms with E-state index in [1.54, 1.807) is 37.4 Å². The van der Waals surface area contributed by atoms with Crippen LogP contribution in [0.4, 0.5) is 0 Å². The standard InChI is InChI=1S/C28H26N4O5/c1-29-28(35)25-14-21(9-10-30-25)37-20-6-4-16-3-5-18(11-17(16)12-20)32-27(34)23-15-31-24-8-7-19(36-2)13-22(24)26(23)33/h4,6-10,12-15,18H,3,5,11H2,1-2H3,(H,29,35)(H,31,33)(H,32,34). The lowest BCUT2D eigenvalue weighted by atomic mass is 9.88. The summed E-state index contributed by atoms with van der Waals surface area (Å²) in [6, 6.07) is 14.1. The quantitative estimate of drug-likeness (QED) is 0.375. The van der Waals surface area contributed by atoms with Crippen molar-refractivity contribution in [2.45, 2.75) is 25.3 Å². The Kier molecular flexibility index (Phi) is 6.59. The van der Waals surface area contributed by atoms with Crippen molar-refractivity contribution in [1.29, 1.82) is 0 Å². The second-order valence-corrected chi connectivity index (χ2v) is 8.84. The van der Waals surface area contributed by atoms with Crippen molar-refractivity contribution in [3.05, 3.63) is 93.5 Å². The van der Waals surface area contributed by atoms with Crippen LogP contribution in [0, 0.1) is 0 Å². The first-order valence-electron chi connectivity index (χ1n) is 11.9. The number of amides is 2. The maximum atomic E-state index is 13.0. The molecule has 2 heterocycles. The van der Waals surface area contributed by atoms with Crippen molar-refractivity contribution in [2.24, 2.45) is 0 Å². The number of rotatable bonds is 6. The van der Waals surface area contributed by atoms with Gasteiger partial charge in [-0.2, -0.15) is 0 Å². The molecule has 0 spiro atoms. The van der Waals surface area contributed by atoms with Gasteiger partial charge in [0, 0.05) is 42.5 Å². The molecule has 1 aliphatic carbocycles. The summed E-state index contributed by atoms with van der Waals surface area (Å²) in [4.78, 5) is 45.0. The molecule has 0 saturated heterocycles. The Morgan fingerprint density at radius 1 is 1.00 bits per heavy atom. The fourth-order valence-corrected chi connectivity index (χ4v) is 4.54. The van der Waals surface area contributed by atoms with E-state index in [4.69, 9.17) is 9.47 Å². The number of aryl methyl sites for hydroxylation is 1. The van der Waals surface area contributed by atoms with Gasteiger partial charge in [0.1, 0.15) is 28.5 Å². The van der Waals surface area contributed by atoms with Gasteiger partial charge in [0.05, 0.1) is 7.11 Å². The van der Waals surface area contributed by atoms with Gasteiger partial charge in [-0.05, 0) is 66.8 Å². The molecule has 0 radical (unpaired) electrons. The maximum Gasteiger partial charge on any atom is 0.269 e. The summed E-state index contributed by atoms with van der Waals surface area (Å²) >= 11 is 0. The zero-order chi connectivity index (χ0) is 25.9. The number of H-pyrrole nitrogens is 1. The summed E-state index contributed by atoms with van der Waals surface area (Å²) < 4.78 is 11.2. The molecule has 3 N–H and O–H groups in total. The molecule has 0 fully saturated rings. The van der Waals surface area contributed by atoms with E-state index in [1.807, 2.05) is 18.2 Å². The maximum absolute atomic E-state index is 13.0. The smallest absolute Gasteiger partial charge is 0.269 e. The number of carbonyl (C=O) groups excluding carboxylic acids is 2. The Bertz CT molecular complexity index is 1560. The summed E-state index contributed by atoms with van der Waals surface area (Å²) in [5.41, 5.74) is 2.88. The number of aromatic amines is 1. The molecule has 2 amide bonds. The molecule has 188 valence electrons. The van der Waals surface area contributed by atoms with Crippen molar-refractivity contribution >= 4 is 22.7 Å². The summed E-state index contributed by atoms with van der Waals surface area (Å²) in [7, 11) is 3.08. The fourth-order valence-electron chi connectivity index (χ4n) is 4.54. The van der Waals surface area contributed by atoms with E-state index in [0.29, 0.717) is 34.6 Å². The van der Waals surface area contributed by atoms with Gasteiger partial charge in [-0.25, -0.2) is 0 Å². The minimum absolute atomic E-state index is 0.0632. The zero-order valence-corrected chi connectivity index (χ0v) is 20.5. The SMILES string of the molecule is CNC(=O)c1cc(Oc2ccc3c(c2)CC(NC(=O)c2c[nH]c4ccc(OC)cc4c2=O)CC3)ccn1. The number of nitrogens with zero attached hydrogens (tertiary/aromatic N) is 1. The van der Waals surface area contributed by atoms with Crippen LogP contribution in [0.5, 0.6) is 17.2 Å². The molecule has 0 aliphatic heterocycles. The van der Waals surface area contributed by atoms with Gasteiger partial charge in [-0.3, -0.25) is 19.4 Å². The molecule has 0 bridgehead atoms. The normalized spacial score (nSPS) is 14.5. The van der Waals surface area contributed by atoms with E-state index in [2.05, 4.69) is 20.6 Å². The van der Waals surface area contributed by atoms with Crippen LogP contribution < -0.4 is 25.5 Å². The molecule has 5 rings (SSSR count). The van der Waals surface area contributed by atoms with Gasteiger partial charge < -0.3 is 25.1 Å². The summed E-state index contributed by atoms with van der Waals surface area (Å²) in [5, 5.41) is 5.97. The lowest BCUT2D eigenvalue weighted by molar-refractivity contribution is 0.0930. The van der Waals surface area contributed by atoms with E-state index in [-0.39, 0.29) is 28.6 Å². The summed E-state index contributed by atoms with van der Waals surface area (Å²) in [5.74, 6) is 0.972. The zero-order valence-electron chi connectivity index (χ0n) is 20.5. The van der Waals surface area contributed by atoms with Crippen LogP contribution in [0.25, 0.3) is 10.9 Å². The topological polar surface area (TPSA) is 122 Å². The van der Waals surface area contributed by atoms with Crippen LogP contribution >= 0.6 is 0 Å². The Hall–Kier alpha value is -4.66. The molecular weight excluding hydrogens is 472 g/mol. The average Bonchev–Trinajstić information content (AvgIpc) is 2.92. The third kappa shape index (κ3) is 5.02. The number of pyridine rings is 2. The molecule has 1 aliphatic rings. The van der Waals surface area contributed by atoms with E-state index in [1.165, 1.54) is 25.1 Å². The minimum atomic E-state index is -0.412. The molecule has 9 heteroatoms. The number of carbonyl (C=O) groups is 2. The lowest BCUT2D eigenvalue weighted by Gasteiger charge is -2.26. The molecular formula is C28H26N4O5. The fraction of sp³-hybridized carbons (Fsp3) is 0.214. The summed E-state index contributed by atoms with van der Waals surface area (Å²) in [6.45, 7) is 0. The highest BCUT2D eigenvalue weighted by molar-refractivity contribution is 5.97.